The Morgan fingerprint density at radius 1 is 0.720 bits per heavy atom. The lowest BCUT2D eigenvalue weighted by atomic mass is 10.0. The Morgan fingerprint density at radius 2 is 1.16 bits per heavy atom. The van der Waals surface area contributed by atoms with Crippen molar-refractivity contribution in [3.8, 4) is 22.5 Å². The Kier molecular flexibility index (Phi) is 5.00. The number of rotatable bonds is 4. The molecule has 2 N–H and O–H groups in total. The van der Waals surface area contributed by atoms with Crippen LogP contribution in [0.5, 0.6) is 0 Å². The normalized spacial score (nSPS) is 13.4. The first-order valence-corrected chi connectivity index (χ1v) is 10.5. The van der Waals surface area contributed by atoms with E-state index in [2.05, 4.69) is 15.2 Å². The third-order valence-corrected chi connectivity index (χ3v) is 5.49. The third-order valence-electron chi connectivity index (χ3n) is 3.62. The lowest BCUT2D eigenvalue weighted by molar-refractivity contribution is 0.686. The van der Waals surface area contributed by atoms with Crippen molar-refractivity contribution in [3.05, 3.63) is 48.5 Å². The number of hydrogen-bond donors (Lipinski definition) is 1. The second-order valence-electron chi connectivity index (χ2n) is 5.32. The van der Waals surface area contributed by atoms with Gasteiger partial charge in [0.1, 0.15) is 11.4 Å². The summed E-state index contributed by atoms with van der Waals surface area (Å²) in [5, 5.41) is 8.04. The van der Waals surface area contributed by atoms with E-state index in [0.717, 1.165) is 20.9 Å². The van der Waals surface area contributed by atoms with Crippen LogP contribution in [0.25, 0.3) is 22.5 Å². The Labute approximate surface area is 150 Å². The van der Waals surface area contributed by atoms with Gasteiger partial charge in [-0.15, -0.1) is 10.2 Å². The highest BCUT2D eigenvalue weighted by Crippen LogP contribution is 2.29. The average molecular weight is 372 g/mol. The van der Waals surface area contributed by atoms with Gasteiger partial charge >= 0.3 is 0 Å². The number of anilines is 1. The fraction of sp³-hybridized carbons (Fsp3) is 0.118. The molecular formula is C17H16N4O2S2. The largest absolute Gasteiger partial charge is 0.366 e. The van der Waals surface area contributed by atoms with Gasteiger partial charge in [0.05, 0.1) is 0 Å². The number of nitrogens with zero attached hydrogens (tertiary/aromatic N) is 3. The number of nitrogens with two attached hydrogens (primary N) is 1. The summed E-state index contributed by atoms with van der Waals surface area (Å²) in [7, 11) is -2.09. The standard InChI is InChI=1S/C17H16N4O2S2/c1-24(22)13-7-3-11(4-8-13)15-16(20-21-17(18)19-15)12-5-9-14(10-6-12)25(2)23/h3-10H,1-2H3,(H2,18,19,21). The molecule has 0 fully saturated rings. The second-order valence-corrected chi connectivity index (χ2v) is 8.08. The minimum atomic E-state index is -1.05. The topological polar surface area (TPSA) is 98.8 Å². The van der Waals surface area contributed by atoms with E-state index in [1.807, 2.05) is 24.3 Å². The molecule has 0 saturated carbocycles. The van der Waals surface area contributed by atoms with Gasteiger partial charge in [-0.25, -0.2) is 4.98 Å². The highest BCUT2D eigenvalue weighted by atomic mass is 32.2. The molecule has 2 aromatic carbocycles. The molecule has 128 valence electrons. The van der Waals surface area contributed by atoms with Crippen molar-refractivity contribution in [3.63, 3.8) is 0 Å². The Bertz CT molecular complexity index is 957. The van der Waals surface area contributed by atoms with Crippen LogP contribution in [0.3, 0.4) is 0 Å². The van der Waals surface area contributed by atoms with Gasteiger partial charge in [0.15, 0.2) is 0 Å². The zero-order chi connectivity index (χ0) is 18.0. The van der Waals surface area contributed by atoms with Crippen LogP contribution in [-0.2, 0) is 21.6 Å². The molecule has 3 rings (SSSR count). The molecule has 2 unspecified atom stereocenters. The predicted octanol–water partition coefficient (Wildman–Crippen LogP) is 2.26. The predicted molar refractivity (Wildman–Crippen MR) is 99.8 cm³/mol. The van der Waals surface area contributed by atoms with Gasteiger partial charge in [-0.2, -0.15) is 0 Å². The van der Waals surface area contributed by atoms with Crippen LogP contribution in [0, 0.1) is 0 Å². The van der Waals surface area contributed by atoms with Crippen molar-refractivity contribution < 1.29 is 8.42 Å². The summed E-state index contributed by atoms with van der Waals surface area (Å²) >= 11 is 0. The van der Waals surface area contributed by atoms with Crippen LogP contribution < -0.4 is 5.73 Å². The summed E-state index contributed by atoms with van der Waals surface area (Å²) in [6, 6.07) is 14.5. The van der Waals surface area contributed by atoms with Crippen molar-refractivity contribution >= 4 is 27.5 Å². The van der Waals surface area contributed by atoms with Crippen LogP contribution in [0.1, 0.15) is 0 Å². The fourth-order valence-electron chi connectivity index (χ4n) is 2.34. The molecule has 2 atom stereocenters. The van der Waals surface area contributed by atoms with E-state index >= 15 is 0 Å². The highest BCUT2D eigenvalue weighted by molar-refractivity contribution is 7.84. The molecule has 0 radical (unpaired) electrons. The lowest BCUT2D eigenvalue weighted by Gasteiger charge is -2.09. The molecule has 0 saturated heterocycles. The van der Waals surface area contributed by atoms with Gasteiger partial charge in [-0.1, -0.05) is 24.3 Å². The zero-order valence-electron chi connectivity index (χ0n) is 13.7. The lowest BCUT2D eigenvalue weighted by Crippen LogP contribution is -2.02. The van der Waals surface area contributed by atoms with Crippen LogP contribution in [0.2, 0.25) is 0 Å². The molecule has 1 heterocycles. The minimum absolute atomic E-state index is 0.0770. The van der Waals surface area contributed by atoms with E-state index in [1.54, 1.807) is 36.8 Å². The highest BCUT2D eigenvalue weighted by Gasteiger charge is 2.13. The van der Waals surface area contributed by atoms with Gasteiger partial charge in [0, 0.05) is 55.0 Å². The number of benzene rings is 2. The van der Waals surface area contributed by atoms with Gasteiger partial charge in [-0.05, 0) is 24.3 Å². The monoisotopic (exact) mass is 372 g/mol. The molecule has 6 nitrogen and oxygen atoms in total. The summed E-state index contributed by atoms with van der Waals surface area (Å²) in [6.45, 7) is 0. The van der Waals surface area contributed by atoms with Crippen molar-refractivity contribution in [1.82, 2.24) is 15.2 Å². The van der Waals surface area contributed by atoms with Gasteiger partial charge in [0.25, 0.3) is 0 Å². The van der Waals surface area contributed by atoms with Crippen molar-refractivity contribution in [1.29, 1.82) is 0 Å². The third kappa shape index (κ3) is 3.80. The van der Waals surface area contributed by atoms with Gasteiger partial charge in [0.2, 0.25) is 5.95 Å². The van der Waals surface area contributed by atoms with E-state index in [-0.39, 0.29) is 5.95 Å². The van der Waals surface area contributed by atoms with E-state index in [0.29, 0.717) is 11.4 Å². The average Bonchev–Trinajstić information content (AvgIpc) is 2.62. The molecule has 0 spiro atoms. The van der Waals surface area contributed by atoms with E-state index < -0.39 is 21.6 Å². The van der Waals surface area contributed by atoms with Crippen LogP contribution in [0.4, 0.5) is 5.95 Å². The van der Waals surface area contributed by atoms with E-state index in [4.69, 9.17) is 5.73 Å². The number of aromatic nitrogens is 3. The van der Waals surface area contributed by atoms with E-state index in [9.17, 15) is 8.42 Å². The summed E-state index contributed by atoms with van der Waals surface area (Å²) in [5.41, 5.74) is 8.48. The molecule has 1 aromatic heterocycles. The van der Waals surface area contributed by atoms with E-state index in [1.165, 1.54) is 0 Å². The minimum Gasteiger partial charge on any atom is -0.366 e. The summed E-state index contributed by atoms with van der Waals surface area (Å²) in [4.78, 5) is 5.78. The first-order chi connectivity index (χ1) is 12.0. The molecule has 0 bridgehead atoms. The maximum Gasteiger partial charge on any atom is 0.240 e. The number of hydrogen-bond acceptors (Lipinski definition) is 6. The maximum atomic E-state index is 11.6. The SMILES string of the molecule is CS(=O)c1ccc(-c2nnc(N)nc2-c2ccc(S(C)=O)cc2)cc1. The molecule has 3 aromatic rings. The summed E-state index contributed by atoms with van der Waals surface area (Å²) in [5.74, 6) is 0.0770. The van der Waals surface area contributed by atoms with Crippen molar-refractivity contribution in [2.24, 2.45) is 0 Å². The van der Waals surface area contributed by atoms with Crippen LogP contribution in [0.15, 0.2) is 58.3 Å². The van der Waals surface area contributed by atoms with Crippen LogP contribution in [-0.4, -0.2) is 36.1 Å². The molecule has 8 heteroatoms. The first-order valence-electron chi connectivity index (χ1n) is 7.33. The fourth-order valence-corrected chi connectivity index (χ4v) is 3.38. The number of nitrogen functional groups attached to an aromatic ring is 1. The molecular weight excluding hydrogens is 356 g/mol. The Balaban J connectivity index is 2.09. The molecule has 0 aliphatic heterocycles. The molecule has 25 heavy (non-hydrogen) atoms. The Hall–Kier alpha value is -2.45. The first kappa shape index (κ1) is 17.4. The summed E-state index contributed by atoms with van der Waals surface area (Å²) in [6.07, 6.45) is 3.26. The van der Waals surface area contributed by atoms with Gasteiger partial charge in [-0.3, -0.25) is 8.42 Å². The van der Waals surface area contributed by atoms with Crippen LogP contribution >= 0.6 is 0 Å². The molecule has 0 aliphatic carbocycles. The quantitative estimate of drug-likeness (QED) is 0.754. The summed E-state index contributed by atoms with van der Waals surface area (Å²) < 4.78 is 23.1. The molecule has 0 aliphatic rings. The zero-order valence-corrected chi connectivity index (χ0v) is 15.3. The molecule has 0 amide bonds. The Morgan fingerprint density at radius 3 is 1.60 bits per heavy atom. The second kappa shape index (κ2) is 7.20. The van der Waals surface area contributed by atoms with Gasteiger partial charge < -0.3 is 5.73 Å². The maximum absolute atomic E-state index is 11.6. The van der Waals surface area contributed by atoms with Crippen molar-refractivity contribution in [2.75, 3.05) is 18.2 Å². The van der Waals surface area contributed by atoms with Crippen molar-refractivity contribution in [2.45, 2.75) is 9.79 Å². The smallest absolute Gasteiger partial charge is 0.240 e.